The number of hydrogen-bond donors (Lipinski definition) is 1. The first kappa shape index (κ1) is 22.8. The van der Waals surface area contributed by atoms with Crippen LogP contribution >= 0.6 is 0 Å². The Kier molecular flexibility index (Phi) is 6.48. The lowest BCUT2D eigenvalue weighted by Gasteiger charge is -2.15. The average Bonchev–Trinajstić information content (AvgIpc) is 3.31. The van der Waals surface area contributed by atoms with Crippen LogP contribution in [0.15, 0.2) is 42.5 Å². The zero-order chi connectivity index (χ0) is 24.2. The number of urea groups is 1. The number of imide groups is 1. The number of pyridine rings is 1. The molecule has 1 aliphatic heterocycles. The van der Waals surface area contributed by atoms with E-state index in [2.05, 4.69) is 10.3 Å². The Bertz CT molecular complexity index is 1250. The Morgan fingerprint density at radius 3 is 2.35 bits per heavy atom. The molecule has 1 aliphatic rings. The summed E-state index contributed by atoms with van der Waals surface area (Å²) in [4.78, 5) is 42.6. The Morgan fingerprint density at radius 1 is 1.03 bits per heavy atom. The normalized spacial score (nSPS) is 12.9. The molecule has 0 aliphatic carbocycles. The fraction of sp³-hybridized carbons (Fsp3) is 0.250. The minimum absolute atomic E-state index is 0.230. The lowest BCUT2D eigenvalue weighted by atomic mass is 10.0. The summed E-state index contributed by atoms with van der Waals surface area (Å²) in [6.07, 6.45) is 0. The summed E-state index contributed by atoms with van der Waals surface area (Å²) < 4.78 is 21.5. The molecular formula is C24H23N3O7. The molecule has 0 atom stereocenters. The number of carbonyl (C=O) groups excluding carboxylic acids is 3. The maximum absolute atomic E-state index is 13.0. The van der Waals surface area contributed by atoms with Crippen molar-refractivity contribution in [2.45, 2.75) is 0 Å². The number of esters is 1. The number of amides is 3. The van der Waals surface area contributed by atoms with Crippen LogP contribution in [0.2, 0.25) is 0 Å². The first-order valence-electron chi connectivity index (χ1n) is 10.4. The average molecular weight is 465 g/mol. The smallest absolute Gasteiger partial charge is 0.339 e. The van der Waals surface area contributed by atoms with Gasteiger partial charge in [0.15, 0.2) is 18.1 Å². The Hall–Kier alpha value is -4.34. The van der Waals surface area contributed by atoms with Crippen LogP contribution in [0.1, 0.15) is 10.4 Å². The van der Waals surface area contributed by atoms with E-state index >= 15 is 0 Å². The summed E-state index contributed by atoms with van der Waals surface area (Å²) in [5, 5.41) is 3.10. The third kappa shape index (κ3) is 4.29. The molecule has 4 rings (SSSR count). The largest absolute Gasteiger partial charge is 0.493 e. The number of para-hydroxylation sites is 1. The molecule has 0 bridgehead atoms. The first-order chi connectivity index (χ1) is 16.5. The number of carbonyl (C=O) groups is 3. The molecule has 0 unspecified atom stereocenters. The van der Waals surface area contributed by atoms with Crippen LogP contribution in [0.25, 0.3) is 22.2 Å². The number of aromatic nitrogens is 1. The van der Waals surface area contributed by atoms with Crippen molar-refractivity contribution in [1.82, 2.24) is 15.2 Å². The third-order valence-corrected chi connectivity index (χ3v) is 5.38. The molecule has 1 N–H and O–H groups in total. The maximum Gasteiger partial charge on any atom is 0.339 e. The van der Waals surface area contributed by atoms with Crippen molar-refractivity contribution < 1.29 is 33.3 Å². The minimum Gasteiger partial charge on any atom is -0.493 e. The molecular weight excluding hydrogens is 442 g/mol. The van der Waals surface area contributed by atoms with Gasteiger partial charge in [-0.3, -0.25) is 9.69 Å². The van der Waals surface area contributed by atoms with Crippen LogP contribution in [0.3, 0.4) is 0 Å². The number of nitrogens with zero attached hydrogens (tertiary/aromatic N) is 2. The number of methoxy groups -OCH3 is 3. The number of nitrogens with one attached hydrogen (secondary N) is 1. The summed E-state index contributed by atoms with van der Waals surface area (Å²) in [6.45, 7) is 0.0484. The van der Waals surface area contributed by atoms with Gasteiger partial charge in [-0.2, -0.15) is 0 Å². The van der Waals surface area contributed by atoms with Gasteiger partial charge in [-0.05, 0) is 24.3 Å². The van der Waals surface area contributed by atoms with E-state index in [1.165, 1.54) is 21.3 Å². The predicted octanol–water partition coefficient (Wildman–Crippen LogP) is 2.64. The van der Waals surface area contributed by atoms with E-state index in [1.54, 1.807) is 42.5 Å². The zero-order valence-electron chi connectivity index (χ0n) is 18.9. The van der Waals surface area contributed by atoms with E-state index < -0.39 is 24.5 Å². The lowest BCUT2D eigenvalue weighted by molar-refractivity contribution is -0.130. The third-order valence-electron chi connectivity index (χ3n) is 5.38. The second-order valence-corrected chi connectivity index (χ2v) is 7.34. The van der Waals surface area contributed by atoms with E-state index in [0.717, 1.165) is 4.90 Å². The van der Waals surface area contributed by atoms with Crippen LogP contribution < -0.4 is 19.5 Å². The van der Waals surface area contributed by atoms with Crippen molar-refractivity contribution in [1.29, 1.82) is 0 Å². The van der Waals surface area contributed by atoms with Crippen molar-refractivity contribution in [3.05, 3.63) is 48.0 Å². The van der Waals surface area contributed by atoms with Gasteiger partial charge in [0.25, 0.3) is 5.91 Å². The molecule has 2 aromatic carbocycles. The van der Waals surface area contributed by atoms with Crippen LogP contribution in [-0.4, -0.2) is 68.8 Å². The second kappa shape index (κ2) is 9.65. The minimum atomic E-state index is -0.708. The Balaban J connectivity index is 1.71. The van der Waals surface area contributed by atoms with Crippen LogP contribution in [-0.2, 0) is 9.53 Å². The predicted molar refractivity (Wildman–Crippen MR) is 122 cm³/mol. The number of ether oxygens (including phenoxy) is 4. The van der Waals surface area contributed by atoms with Crippen molar-refractivity contribution in [2.24, 2.45) is 0 Å². The van der Waals surface area contributed by atoms with Gasteiger partial charge in [-0.25, -0.2) is 14.6 Å². The van der Waals surface area contributed by atoms with Gasteiger partial charge in [0.2, 0.25) is 5.75 Å². The Labute approximate surface area is 195 Å². The molecule has 0 saturated carbocycles. The van der Waals surface area contributed by atoms with E-state index in [1.807, 2.05) is 0 Å². The molecule has 1 fully saturated rings. The summed E-state index contributed by atoms with van der Waals surface area (Å²) in [5.74, 6) is 0.00119. The van der Waals surface area contributed by atoms with Gasteiger partial charge >= 0.3 is 12.0 Å². The first-order valence-corrected chi connectivity index (χ1v) is 10.4. The van der Waals surface area contributed by atoms with Crippen molar-refractivity contribution >= 4 is 28.8 Å². The van der Waals surface area contributed by atoms with Crippen molar-refractivity contribution in [3.63, 3.8) is 0 Å². The molecule has 3 aromatic rings. The van der Waals surface area contributed by atoms with Gasteiger partial charge in [-0.1, -0.05) is 18.2 Å². The van der Waals surface area contributed by atoms with E-state index in [-0.39, 0.29) is 12.1 Å². The molecule has 2 heterocycles. The highest BCUT2D eigenvalue weighted by Gasteiger charge is 2.27. The van der Waals surface area contributed by atoms with Gasteiger partial charge in [-0.15, -0.1) is 0 Å². The van der Waals surface area contributed by atoms with Gasteiger partial charge < -0.3 is 24.3 Å². The van der Waals surface area contributed by atoms with Gasteiger partial charge in [0.05, 0.1) is 38.1 Å². The highest BCUT2D eigenvalue weighted by Crippen LogP contribution is 2.41. The number of rotatable bonds is 7. The molecule has 1 saturated heterocycles. The molecule has 34 heavy (non-hydrogen) atoms. The fourth-order valence-corrected chi connectivity index (χ4v) is 3.71. The molecule has 1 aromatic heterocycles. The monoisotopic (exact) mass is 465 g/mol. The van der Waals surface area contributed by atoms with Gasteiger partial charge in [0.1, 0.15) is 0 Å². The fourth-order valence-electron chi connectivity index (χ4n) is 3.71. The topological polar surface area (TPSA) is 116 Å². The summed E-state index contributed by atoms with van der Waals surface area (Å²) in [6, 6.07) is 11.6. The molecule has 10 nitrogen and oxygen atoms in total. The standard InChI is InChI=1S/C24H23N3O7/c1-31-19-10-14(11-20(32-2)22(19)33-3)18-12-16(15-6-4-5-7-17(15)26-18)23(29)34-13-21(28)27-9-8-25-24(27)30/h4-7,10-12H,8-9,13H2,1-3H3,(H,25,30). The van der Waals surface area contributed by atoms with Crippen molar-refractivity contribution in [2.75, 3.05) is 41.0 Å². The zero-order valence-corrected chi connectivity index (χ0v) is 18.9. The molecule has 176 valence electrons. The number of fused-ring (bicyclic) bond motifs is 1. The second-order valence-electron chi connectivity index (χ2n) is 7.34. The van der Waals surface area contributed by atoms with Crippen LogP contribution in [0, 0.1) is 0 Å². The highest BCUT2D eigenvalue weighted by atomic mass is 16.5. The van der Waals surface area contributed by atoms with E-state index in [4.69, 9.17) is 18.9 Å². The van der Waals surface area contributed by atoms with E-state index in [0.29, 0.717) is 46.0 Å². The van der Waals surface area contributed by atoms with E-state index in [9.17, 15) is 14.4 Å². The van der Waals surface area contributed by atoms with Crippen molar-refractivity contribution in [3.8, 4) is 28.5 Å². The number of hydrogen-bond acceptors (Lipinski definition) is 8. The molecule has 0 radical (unpaired) electrons. The lowest BCUT2D eigenvalue weighted by Crippen LogP contribution is -2.37. The molecule has 3 amide bonds. The van der Waals surface area contributed by atoms with Gasteiger partial charge in [0, 0.05) is 24.0 Å². The summed E-state index contributed by atoms with van der Waals surface area (Å²) >= 11 is 0. The van der Waals surface area contributed by atoms with Crippen LogP contribution in [0.4, 0.5) is 4.79 Å². The van der Waals surface area contributed by atoms with Crippen LogP contribution in [0.5, 0.6) is 17.2 Å². The summed E-state index contributed by atoms with van der Waals surface area (Å²) in [5.41, 5.74) is 1.88. The molecule has 10 heteroatoms. The highest BCUT2D eigenvalue weighted by molar-refractivity contribution is 6.05. The Morgan fingerprint density at radius 2 is 1.74 bits per heavy atom. The molecule has 0 spiro atoms. The maximum atomic E-state index is 13.0. The summed E-state index contributed by atoms with van der Waals surface area (Å²) in [7, 11) is 4.53. The number of benzene rings is 2. The SMILES string of the molecule is COc1cc(-c2cc(C(=O)OCC(=O)N3CCNC3=O)c3ccccc3n2)cc(OC)c1OC. The quantitative estimate of drug-likeness (QED) is 0.530.